The van der Waals surface area contributed by atoms with Gasteiger partial charge in [-0.25, -0.2) is 4.79 Å². The van der Waals surface area contributed by atoms with Crippen molar-refractivity contribution < 1.29 is 18.3 Å². The van der Waals surface area contributed by atoms with Crippen molar-refractivity contribution in [2.24, 2.45) is 4.99 Å². The van der Waals surface area contributed by atoms with E-state index in [1.54, 1.807) is 41.6 Å². The summed E-state index contributed by atoms with van der Waals surface area (Å²) >= 11 is 0. The Morgan fingerprint density at radius 1 is 1.27 bits per heavy atom. The Hall–Kier alpha value is -2.82. The van der Waals surface area contributed by atoms with Gasteiger partial charge in [-0.1, -0.05) is 23.1 Å². The number of rotatable bonds is 5. The van der Waals surface area contributed by atoms with Gasteiger partial charge in [-0.15, -0.1) is 4.31 Å². The van der Waals surface area contributed by atoms with Gasteiger partial charge in [0.25, 0.3) is 0 Å². The van der Waals surface area contributed by atoms with E-state index >= 15 is 0 Å². The molecule has 1 saturated carbocycles. The zero-order valence-corrected chi connectivity index (χ0v) is 19.3. The fraction of sp³-hybridized carbons (Fsp3) is 0.435. The first-order valence-corrected chi connectivity index (χ1v) is 12.6. The number of carbonyl (C=O) groups is 1. The van der Waals surface area contributed by atoms with E-state index in [-0.39, 0.29) is 30.1 Å². The molecular formula is C23H27N5O4S. The molecule has 2 unspecified atom stereocenters. The Morgan fingerprint density at radius 2 is 2.09 bits per heavy atom. The topological polar surface area (TPSA) is 110 Å². The number of hydrogen-bond acceptors (Lipinski definition) is 6. The highest BCUT2D eigenvalue weighted by atomic mass is 32.3. The zero-order valence-electron chi connectivity index (χ0n) is 18.5. The minimum Gasteiger partial charge on any atom is -0.593 e. The highest BCUT2D eigenvalue weighted by Crippen LogP contribution is 2.40. The van der Waals surface area contributed by atoms with E-state index < -0.39 is 15.9 Å². The molecule has 1 aromatic heterocycles. The molecule has 10 heteroatoms. The number of anilines is 1. The maximum atomic E-state index is 13.5. The van der Waals surface area contributed by atoms with Gasteiger partial charge >= 0.3 is 6.03 Å². The quantitative estimate of drug-likeness (QED) is 0.677. The lowest BCUT2D eigenvalue weighted by Gasteiger charge is -2.33. The van der Waals surface area contributed by atoms with Gasteiger partial charge in [-0.3, -0.25) is 20.2 Å². The van der Waals surface area contributed by atoms with Crippen LogP contribution in [0.4, 0.5) is 10.5 Å². The number of methoxy groups -OCH3 is 1. The lowest BCUT2D eigenvalue weighted by molar-refractivity contribution is 0.251. The van der Waals surface area contributed by atoms with Crippen molar-refractivity contribution in [3.8, 4) is 5.75 Å². The summed E-state index contributed by atoms with van der Waals surface area (Å²) in [5.74, 6) is 1.04. The van der Waals surface area contributed by atoms with Crippen LogP contribution in [0.25, 0.3) is 0 Å². The number of amides is 2. The SMILES string of the molecule is COc1cccc([S+](=O)([O-])N2CCC3(C2)C(=NC2CCCC2)NC(=O)N3c2cccnc2)c1. The third kappa shape index (κ3) is 3.81. The molecule has 3 fully saturated rings. The fourth-order valence-corrected chi connectivity index (χ4v) is 6.57. The van der Waals surface area contributed by atoms with Crippen LogP contribution in [-0.4, -0.2) is 57.5 Å². The summed E-state index contributed by atoms with van der Waals surface area (Å²) in [5.41, 5.74) is -0.276. The van der Waals surface area contributed by atoms with Crippen LogP contribution in [-0.2, 0) is 14.6 Å². The summed E-state index contributed by atoms with van der Waals surface area (Å²) in [4.78, 5) is 24.1. The van der Waals surface area contributed by atoms with E-state index in [9.17, 15) is 13.6 Å². The second-order valence-corrected chi connectivity index (χ2v) is 10.6. The molecule has 1 aliphatic carbocycles. The van der Waals surface area contributed by atoms with E-state index in [0.717, 1.165) is 25.7 Å². The Balaban J connectivity index is 1.54. The normalized spacial score (nSPS) is 26.8. The highest BCUT2D eigenvalue weighted by molar-refractivity contribution is 7.95. The van der Waals surface area contributed by atoms with E-state index in [0.29, 0.717) is 23.7 Å². The standard InChI is InChI=1S/C23H27N5O4S/c1-32-19-9-4-10-20(14-19)33(30,31)27-13-11-23(16-27)21(25-17-6-2-3-7-17)26-22(29)28(23)18-8-5-12-24-15-18/h4-5,8-10,12,14-15,17H,2-3,6-7,11,13,16H2,1H3,(H-,25,26,29,30,31). The molecule has 5 rings (SSSR count). The number of ether oxygens (including phenoxy) is 1. The van der Waals surface area contributed by atoms with Crippen LogP contribution in [0.5, 0.6) is 5.75 Å². The second-order valence-electron chi connectivity index (χ2n) is 8.69. The molecule has 2 atom stereocenters. The van der Waals surface area contributed by atoms with Gasteiger partial charge in [-0.2, -0.15) is 0 Å². The van der Waals surface area contributed by atoms with Crippen LogP contribution in [0.3, 0.4) is 0 Å². The molecule has 0 bridgehead atoms. The Labute approximate surface area is 194 Å². The molecule has 2 saturated heterocycles. The zero-order chi connectivity index (χ0) is 23.1. The molecule has 3 aliphatic rings. The lowest BCUT2D eigenvalue weighted by Crippen LogP contribution is -2.53. The van der Waals surface area contributed by atoms with Crippen molar-refractivity contribution >= 4 is 28.0 Å². The van der Waals surface area contributed by atoms with Gasteiger partial charge < -0.3 is 9.29 Å². The number of benzene rings is 1. The number of aromatic nitrogens is 1. The summed E-state index contributed by atoms with van der Waals surface area (Å²) in [6, 6.07) is 9.87. The maximum Gasteiger partial charge on any atom is 0.328 e. The van der Waals surface area contributed by atoms with Gasteiger partial charge in [0, 0.05) is 18.8 Å². The van der Waals surface area contributed by atoms with Crippen molar-refractivity contribution in [1.82, 2.24) is 14.6 Å². The average molecular weight is 470 g/mol. The van der Waals surface area contributed by atoms with Crippen LogP contribution in [0.2, 0.25) is 0 Å². The Morgan fingerprint density at radius 3 is 2.82 bits per heavy atom. The third-order valence-corrected chi connectivity index (χ3v) is 8.57. The van der Waals surface area contributed by atoms with Gasteiger partial charge in [0.2, 0.25) is 0 Å². The van der Waals surface area contributed by atoms with Crippen LogP contribution in [0.15, 0.2) is 58.7 Å². The van der Waals surface area contributed by atoms with Crippen molar-refractivity contribution in [1.29, 1.82) is 0 Å². The smallest absolute Gasteiger partial charge is 0.328 e. The summed E-state index contributed by atoms with van der Waals surface area (Å²) in [7, 11) is -2.29. The molecule has 2 amide bonds. The highest BCUT2D eigenvalue weighted by Gasteiger charge is 2.59. The summed E-state index contributed by atoms with van der Waals surface area (Å²) in [6.45, 7) is 0.390. The van der Waals surface area contributed by atoms with Crippen LogP contribution >= 0.6 is 0 Å². The molecule has 1 spiro atoms. The van der Waals surface area contributed by atoms with E-state index in [1.807, 2.05) is 6.07 Å². The van der Waals surface area contributed by atoms with Gasteiger partial charge in [0.05, 0.1) is 31.6 Å². The first-order chi connectivity index (χ1) is 15.9. The molecule has 33 heavy (non-hydrogen) atoms. The molecule has 174 valence electrons. The number of sulfonamides is 1. The maximum absolute atomic E-state index is 13.5. The molecule has 1 N–H and O–H groups in total. The number of carbonyl (C=O) groups excluding carboxylic acids is 1. The third-order valence-electron chi connectivity index (χ3n) is 6.73. The fourth-order valence-electron chi connectivity index (χ4n) is 5.04. The van der Waals surface area contributed by atoms with Gasteiger partial charge in [0.15, 0.2) is 15.3 Å². The minimum atomic E-state index is -3.79. The molecule has 2 aromatic rings. The molecular weight excluding hydrogens is 442 g/mol. The Bertz CT molecular complexity index is 1120. The Kier molecular flexibility index (Phi) is 5.67. The first-order valence-electron chi connectivity index (χ1n) is 11.2. The van der Waals surface area contributed by atoms with Crippen molar-refractivity contribution in [3.05, 3.63) is 48.8 Å². The monoisotopic (exact) mass is 469 g/mol. The number of nitrogens with one attached hydrogen (secondary N) is 1. The first kappa shape index (κ1) is 22.0. The van der Waals surface area contributed by atoms with Crippen LogP contribution < -0.4 is 15.0 Å². The predicted octanol–water partition coefficient (Wildman–Crippen LogP) is 3.01. The van der Waals surface area contributed by atoms with E-state index in [2.05, 4.69) is 10.3 Å². The number of pyridine rings is 1. The summed E-state index contributed by atoms with van der Waals surface area (Å²) in [6.07, 6.45) is 7.90. The van der Waals surface area contributed by atoms with Gasteiger partial charge in [0.1, 0.15) is 17.1 Å². The molecule has 3 heterocycles. The number of aliphatic imine (C=N–C) groups is 1. The van der Waals surface area contributed by atoms with Crippen molar-refractivity contribution in [2.75, 3.05) is 25.1 Å². The van der Waals surface area contributed by atoms with E-state index in [4.69, 9.17) is 9.73 Å². The summed E-state index contributed by atoms with van der Waals surface area (Å²) in [5, 5.41) is 2.96. The van der Waals surface area contributed by atoms with Crippen molar-refractivity contribution in [3.63, 3.8) is 0 Å². The molecule has 0 radical (unpaired) electrons. The molecule has 2 aliphatic heterocycles. The minimum absolute atomic E-state index is 0.117. The lowest BCUT2D eigenvalue weighted by atomic mass is 9.95. The number of urea groups is 1. The average Bonchev–Trinajstić information content (AvgIpc) is 3.56. The molecule has 1 aromatic carbocycles. The molecule has 9 nitrogen and oxygen atoms in total. The predicted molar refractivity (Wildman–Crippen MR) is 124 cm³/mol. The van der Waals surface area contributed by atoms with Gasteiger partial charge in [-0.05, 0) is 43.5 Å². The van der Waals surface area contributed by atoms with Crippen molar-refractivity contribution in [2.45, 2.75) is 48.6 Å². The summed E-state index contributed by atoms with van der Waals surface area (Å²) < 4.78 is 33.7. The number of hydrogen-bond donors (Lipinski definition) is 1. The van der Waals surface area contributed by atoms with E-state index in [1.165, 1.54) is 17.5 Å². The van der Waals surface area contributed by atoms with Crippen LogP contribution in [0.1, 0.15) is 32.1 Å². The number of amidine groups is 1. The second kappa shape index (κ2) is 8.51. The number of nitrogens with zero attached hydrogens (tertiary/aromatic N) is 4. The van der Waals surface area contributed by atoms with Crippen LogP contribution in [0, 0.1) is 0 Å². The largest absolute Gasteiger partial charge is 0.593 e.